The lowest BCUT2D eigenvalue weighted by atomic mass is 10.1. The zero-order valence-electron chi connectivity index (χ0n) is 13.0. The lowest BCUT2D eigenvalue weighted by Crippen LogP contribution is -2.35. The van der Waals surface area contributed by atoms with Crippen molar-refractivity contribution in [1.82, 2.24) is 14.9 Å². The molecule has 0 bridgehead atoms. The Hall–Kier alpha value is -1.80. The summed E-state index contributed by atoms with van der Waals surface area (Å²) in [5, 5.41) is 0.588. The Balaban J connectivity index is 1.78. The summed E-state index contributed by atoms with van der Waals surface area (Å²) in [5.41, 5.74) is 1.15. The molecular formula is C16H16F3N3OS. The van der Waals surface area contributed by atoms with E-state index >= 15 is 0 Å². The minimum atomic E-state index is -4.35. The molecule has 4 nitrogen and oxygen atoms in total. The molecule has 1 aromatic carbocycles. The van der Waals surface area contributed by atoms with Crippen molar-refractivity contribution >= 4 is 11.8 Å². The molecule has 0 saturated carbocycles. The highest BCUT2D eigenvalue weighted by Gasteiger charge is 2.30. The van der Waals surface area contributed by atoms with Crippen LogP contribution in [-0.4, -0.2) is 27.7 Å². The molecule has 1 aliphatic rings. The van der Waals surface area contributed by atoms with Gasteiger partial charge in [0.1, 0.15) is 0 Å². The van der Waals surface area contributed by atoms with Gasteiger partial charge in [0, 0.05) is 26.1 Å². The third kappa shape index (κ3) is 3.64. The van der Waals surface area contributed by atoms with Gasteiger partial charge in [-0.3, -0.25) is 9.69 Å². The Labute approximate surface area is 141 Å². The van der Waals surface area contributed by atoms with Crippen LogP contribution in [-0.2, 0) is 25.7 Å². The summed E-state index contributed by atoms with van der Waals surface area (Å²) < 4.78 is 38.4. The lowest BCUT2D eigenvalue weighted by Gasteiger charge is -2.27. The second-order valence-electron chi connectivity index (χ2n) is 5.66. The second-order valence-corrected chi connectivity index (χ2v) is 6.45. The molecule has 1 aromatic heterocycles. The molecule has 0 atom stereocenters. The minimum Gasteiger partial charge on any atom is -0.301 e. The van der Waals surface area contributed by atoms with E-state index in [4.69, 9.17) is 0 Å². The number of thioether (sulfide) groups is 1. The topological polar surface area (TPSA) is 49.0 Å². The molecular weight excluding hydrogens is 339 g/mol. The van der Waals surface area contributed by atoms with E-state index in [1.807, 2.05) is 11.2 Å². The first kappa shape index (κ1) is 17.0. The summed E-state index contributed by atoms with van der Waals surface area (Å²) in [6, 6.07) is 5.31. The zero-order valence-corrected chi connectivity index (χ0v) is 13.8. The number of hydrogen-bond acceptors (Lipinski definition) is 4. The van der Waals surface area contributed by atoms with Crippen molar-refractivity contribution < 1.29 is 13.2 Å². The highest BCUT2D eigenvalue weighted by atomic mass is 32.2. The summed E-state index contributed by atoms with van der Waals surface area (Å²) in [6.45, 7) is 1.42. The van der Waals surface area contributed by atoms with E-state index in [0.29, 0.717) is 42.3 Å². The third-order valence-corrected chi connectivity index (χ3v) is 4.56. The summed E-state index contributed by atoms with van der Waals surface area (Å²) in [6.07, 6.45) is -1.89. The van der Waals surface area contributed by atoms with E-state index < -0.39 is 11.7 Å². The maximum absolute atomic E-state index is 12.8. The van der Waals surface area contributed by atoms with Crippen LogP contribution in [0.4, 0.5) is 13.2 Å². The predicted molar refractivity (Wildman–Crippen MR) is 85.9 cm³/mol. The van der Waals surface area contributed by atoms with Crippen LogP contribution in [0.25, 0.3) is 0 Å². The van der Waals surface area contributed by atoms with Crippen LogP contribution in [0.3, 0.4) is 0 Å². The van der Waals surface area contributed by atoms with Gasteiger partial charge in [-0.05, 0) is 17.9 Å². The number of alkyl halides is 3. The summed E-state index contributed by atoms with van der Waals surface area (Å²) in [4.78, 5) is 21.2. The maximum atomic E-state index is 12.8. The number of H-pyrrole nitrogens is 1. The number of nitrogens with zero attached hydrogens (tertiary/aromatic N) is 2. The van der Waals surface area contributed by atoms with Gasteiger partial charge in [-0.1, -0.05) is 30.0 Å². The Kier molecular flexibility index (Phi) is 4.69. The molecule has 0 aliphatic carbocycles. The van der Waals surface area contributed by atoms with Crippen molar-refractivity contribution in [2.75, 3.05) is 12.8 Å². The number of hydrogen-bond donors (Lipinski definition) is 1. The van der Waals surface area contributed by atoms with Gasteiger partial charge in [0.2, 0.25) is 0 Å². The molecule has 0 spiro atoms. The van der Waals surface area contributed by atoms with Crippen LogP contribution >= 0.6 is 11.8 Å². The molecule has 8 heteroatoms. The zero-order chi connectivity index (χ0) is 17.3. The van der Waals surface area contributed by atoms with Crippen LogP contribution in [0, 0.1) is 0 Å². The van der Waals surface area contributed by atoms with E-state index in [1.165, 1.54) is 17.8 Å². The van der Waals surface area contributed by atoms with Crippen LogP contribution in [0.1, 0.15) is 22.4 Å². The first-order valence-electron chi connectivity index (χ1n) is 7.41. The first-order valence-corrected chi connectivity index (χ1v) is 8.64. The van der Waals surface area contributed by atoms with Crippen molar-refractivity contribution in [3.63, 3.8) is 0 Å². The summed E-state index contributed by atoms with van der Waals surface area (Å²) in [7, 11) is 0. The number of benzene rings is 1. The largest absolute Gasteiger partial charge is 0.416 e. The van der Waals surface area contributed by atoms with Crippen LogP contribution in [0.15, 0.2) is 34.2 Å². The van der Waals surface area contributed by atoms with Gasteiger partial charge in [-0.15, -0.1) is 0 Å². The Morgan fingerprint density at radius 2 is 2.17 bits per heavy atom. The SMILES string of the molecule is CSc1nc2c(c(=O)[nH]1)CN(Cc1cccc(C(F)(F)F)c1)CC2. The maximum Gasteiger partial charge on any atom is 0.416 e. The van der Waals surface area contributed by atoms with Gasteiger partial charge in [-0.2, -0.15) is 13.2 Å². The van der Waals surface area contributed by atoms with Crippen molar-refractivity contribution in [2.45, 2.75) is 30.8 Å². The fourth-order valence-electron chi connectivity index (χ4n) is 2.79. The number of halogens is 3. The van der Waals surface area contributed by atoms with Gasteiger partial charge >= 0.3 is 6.18 Å². The molecule has 1 aliphatic heterocycles. The van der Waals surface area contributed by atoms with E-state index in [9.17, 15) is 18.0 Å². The fraction of sp³-hybridized carbons (Fsp3) is 0.375. The third-order valence-electron chi connectivity index (χ3n) is 3.98. The Morgan fingerprint density at radius 1 is 1.38 bits per heavy atom. The number of fused-ring (bicyclic) bond motifs is 1. The number of aromatic amines is 1. The molecule has 0 unspecified atom stereocenters. The minimum absolute atomic E-state index is 0.168. The normalized spacial score (nSPS) is 15.3. The fourth-order valence-corrected chi connectivity index (χ4v) is 3.19. The monoisotopic (exact) mass is 355 g/mol. The van der Waals surface area contributed by atoms with E-state index in [2.05, 4.69) is 9.97 Å². The average molecular weight is 355 g/mol. The van der Waals surface area contributed by atoms with Crippen LogP contribution in [0.2, 0.25) is 0 Å². The highest BCUT2D eigenvalue weighted by Crippen LogP contribution is 2.30. The first-order chi connectivity index (χ1) is 11.4. The highest BCUT2D eigenvalue weighted by molar-refractivity contribution is 7.98. The van der Waals surface area contributed by atoms with Gasteiger partial charge in [0.25, 0.3) is 5.56 Å². The number of nitrogens with one attached hydrogen (secondary N) is 1. The van der Waals surface area contributed by atoms with Crippen molar-refractivity contribution in [1.29, 1.82) is 0 Å². The van der Waals surface area contributed by atoms with E-state index in [0.717, 1.165) is 17.8 Å². The Bertz CT molecular complexity index is 804. The van der Waals surface area contributed by atoms with Crippen LogP contribution < -0.4 is 5.56 Å². The van der Waals surface area contributed by atoms with E-state index in [-0.39, 0.29) is 5.56 Å². The molecule has 0 fully saturated rings. The smallest absolute Gasteiger partial charge is 0.301 e. The van der Waals surface area contributed by atoms with Crippen molar-refractivity contribution in [2.24, 2.45) is 0 Å². The lowest BCUT2D eigenvalue weighted by molar-refractivity contribution is -0.137. The molecule has 24 heavy (non-hydrogen) atoms. The summed E-state index contributed by atoms with van der Waals surface area (Å²) >= 11 is 1.38. The standard InChI is InChI=1S/C16H16F3N3OS/c1-24-15-20-13-5-6-22(9-12(13)14(23)21-15)8-10-3-2-4-11(7-10)16(17,18)19/h2-4,7H,5-6,8-9H2,1H3,(H,20,21,23). The number of rotatable bonds is 3. The second kappa shape index (κ2) is 6.60. The average Bonchev–Trinajstić information content (AvgIpc) is 2.54. The molecule has 0 radical (unpaired) electrons. The van der Waals surface area contributed by atoms with E-state index in [1.54, 1.807) is 6.07 Å². The molecule has 2 heterocycles. The molecule has 128 valence electrons. The number of aromatic nitrogens is 2. The van der Waals surface area contributed by atoms with Gasteiger partial charge in [0.05, 0.1) is 16.8 Å². The van der Waals surface area contributed by atoms with Gasteiger partial charge in [-0.25, -0.2) is 4.98 Å². The molecule has 0 saturated heterocycles. The quantitative estimate of drug-likeness (QED) is 0.679. The van der Waals surface area contributed by atoms with Crippen molar-refractivity contribution in [3.8, 4) is 0 Å². The molecule has 3 rings (SSSR count). The van der Waals surface area contributed by atoms with Crippen molar-refractivity contribution in [3.05, 3.63) is 57.0 Å². The molecule has 1 N–H and O–H groups in total. The Morgan fingerprint density at radius 3 is 2.88 bits per heavy atom. The van der Waals surface area contributed by atoms with Crippen LogP contribution in [0.5, 0.6) is 0 Å². The summed E-state index contributed by atoms with van der Waals surface area (Å²) in [5.74, 6) is 0. The predicted octanol–water partition coefficient (Wildman–Crippen LogP) is 3.07. The molecule has 0 amide bonds. The van der Waals surface area contributed by atoms with Gasteiger partial charge in [0.15, 0.2) is 5.16 Å². The van der Waals surface area contributed by atoms with Gasteiger partial charge < -0.3 is 4.98 Å². The molecule has 2 aromatic rings.